The van der Waals surface area contributed by atoms with Crippen molar-refractivity contribution in [1.29, 1.82) is 0 Å². The number of carbonyl (C=O) groups excluding carboxylic acids is 1. The summed E-state index contributed by atoms with van der Waals surface area (Å²) in [6.45, 7) is 4.56. The zero-order chi connectivity index (χ0) is 13.9. The first kappa shape index (κ1) is 14.1. The predicted octanol–water partition coefficient (Wildman–Crippen LogP) is 3.07. The number of hydrogen-bond donors (Lipinski definition) is 1. The monoisotopic (exact) mass is 261 g/mol. The molecular weight excluding hydrogens is 238 g/mol. The highest BCUT2D eigenvalue weighted by molar-refractivity contribution is 5.77. The highest BCUT2D eigenvalue weighted by atomic mass is 16.5. The lowest BCUT2D eigenvalue weighted by Gasteiger charge is -2.23. The van der Waals surface area contributed by atoms with E-state index in [1.165, 1.54) is 13.5 Å². The van der Waals surface area contributed by atoms with Crippen molar-refractivity contribution in [3.63, 3.8) is 0 Å². The third-order valence-corrected chi connectivity index (χ3v) is 3.94. The highest BCUT2D eigenvalue weighted by Gasteiger charge is 2.34. The van der Waals surface area contributed by atoms with Crippen LogP contribution in [-0.2, 0) is 9.53 Å². The summed E-state index contributed by atoms with van der Waals surface area (Å²) in [5, 5.41) is 3.46. The number of rotatable bonds is 4. The summed E-state index contributed by atoms with van der Waals surface area (Å²) in [6, 6.07) is 9.82. The molecule has 19 heavy (non-hydrogen) atoms. The van der Waals surface area contributed by atoms with Gasteiger partial charge in [0.25, 0.3) is 0 Å². The van der Waals surface area contributed by atoms with E-state index < -0.39 is 0 Å². The minimum absolute atomic E-state index is 0.212. The molecule has 1 aliphatic carbocycles. The number of carbonyl (C=O) groups is 1. The maximum absolute atomic E-state index is 12.0. The van der Waals surface area contributed by atoms with Crippen molar-refractivity contribution in [3.05, 3.63) is 35.9 Å². The number of ether oxygens (including phenoxy) is 1. The second-order valence-corrected chi connectivity index (χ2v) is 6.14. The first-order valence-electron chi connectivity index (χ1n) is 6.91. The normalized spacial score (nSPS) is 23.0. The molecule has 0 spiro atoms. The second kappa shape index (κ2) is 5.74. The summed E-state index contributed by atoms with van der Waals surface area (Å²) in [6.07, 6.45) is 3.42. The quantitative estimate of drug-likeness (QED) is 0.847. The van der Waals surface area contributed by atoms with E-state index in [9.17, 15) is 4.79 Å². The molecule has 0 heterocycles. The van der Waals surface area contributed by atoms with E-state index in [2.05, 4.69) is 19.2 Å². The first-order valence-corrected chi connectivity index (χ1v) is 6.91. The average Bonchev–Trinajstić information content (AvgIpc) is 2.75. The SMILES string of the molecule is COC(=O)C(NC1CCC(C)(C)C1)c1ccccc1. The second-order valence-electron chi connectivity index (χ2n) is 6.14. The smallest absolute Gasteiger partial charge is 0.327 e. The van der Waals surface area contributed by atoms with E-state index in [0.29, 0.717) is 11.5 Å². The number of esters is 1. The van der Waals surface area contributed by atoms with Gasteiger partial charge in [-0.15, -0.1) is 0 Å². The number of methoxy groups -OCH3 is 1. The molecule has 1 saturated carbocycles. The minimum Gasteiger partial charge on any atom is -0.468 e. The summed E-state index contributed by atoms with van der Waals surface area (Å²) >= 11 is 0. The fourth-order valence-corrected chi connectivity index (χ4v) is 2.88. The van der Waals surface area contributed by atoms with Crippen LogP contribution in [0.2, 0.25) is 0 Å². The molecule has 0 aliphatic heterocycles. The molecule has 2 atom stereocenters. The van der Waals surface area contributed by atoms with Crippen molar-refractivity contribution in [1.82, 2.24) is 5.32 Å². The van der Waals surface area contributed by atoms with Gasteiger partial charge in [-0.2, -0.15) is 0 Å². The van der Waals surface area contributed by atoms with Crippen LogP contribution in [0.15, 0.2) is 30.3 Å². The third kappa shape index (κ3) is 3.57. The van der Waals surface area contributed by atoms with E-state index in [1.54, 1.807) is 0 Å². The molecule has 0 bridgehead atoms. The molecule has 1 aromatic rings. The molecule has 2 unspecified atom stereocenters. The maximum atomic E-state index is 12.0. The Morgan fingerprint density at radius 1 is 1.37 bits per heavy atom. The molecule has 0 amide bonds. The molecule has 0 radical (unpaired) electrons. The van der Waals surface area contributed by atoms with Gasteiger partial charge in [-0.3, -0.25) is 5.32 Å². The van der Waals surface area contributed by atoms with Crippen LogP contribution in [0.5, 0.6) is 0 Å². The fourth-order valence-electron chi connectivity index (χ4n) is 2.88. The Morgan fingerprint density at radius 3 is 2.58 bits per heavy atom. The summed E-state index contributed by atoms with van der Waals surface area (Å²) in [5.74, 6) is -0.212. The van der Waals surface area contributed by atoms with Crippen LogP contribution in [0, 0.1) is 5.41 Å². The molecule has 3 heteroatoms. The molecule has 1 aromatic carbocycles. The van der Waals surface area contributed by atoms with E-state index in [0.717, 1.165) is 18.4 Å². The van der Waals surface area contributed by atoms with Gasteiger partial charge in [-0.05, 0) is 30.2 Å². The molecular formula is C16H23NO2. The van der Waals surface area contributed by atoms with E-state index in [1.807, 2.05) is 30.3 Å². The van der Waals surface area contributed by atoms with E-state index in [-0.39, 0.29) is 12.0 Å². The minimum atomic E-state index is -0.356. The summed E-state index contributed by atoms with van der Waals surface area (Å²) in [5.41, 5.74) is 1.34. The Morgan fingerprint density at radius 2 is 2.05 bits per heavy atom. The number of nitrogens with one attached hydrogen (secondary N) is 1. The fraction of sp³-hybridized carbons (Fsp3) is 0.562. The lowest BCUT2D eigenvalue weighted by atomic mass is 9.91. The zero-order valence-corrected chi connectivity index (χ0v) is 12.0. The maximum Gasteiger partial charge on any atom is 0.327 e. The lowest BCUT2D eigenvalue weighted by Crippen LogP contribution is -2.36. The van der Waals surface area contributed by atoms with Gasteiger partial charge in [0.05, 0.1) is 7.11 Å². The summed E-state index contributed by atoms with van der Waals surface area (Å²) < 4.78 is 4.93. The van der Waals surface area contributed by atoms with Gasteiger partial charge in [-0.25, -0.2) is 4.79 Å². The van der Waals surface area contributed by atoms with Gasteiger partial charge >= 0.3 is 5.97 Å². The Labute approximate surface area is 115 Å². The molecule has 0 aromatic heterocycles. The molecule has 1 aliphatic rings. The van der Waals surface area contributed by atoms with Gasteiger partial charge < -0.3 is 4.74 Å². The first-order chi connectivity index (χ1) is 9.02. The topological polar surface area (TPSA) is 38.3 Å². The lowest BCUT2D eigenvalue weighted by molar-refractivity contribution is -0.143. The molecule has 0 saturated heterocycles. The van der Waals surface area contributed by atoms with Crippen molar-refractivity contribution in [2.45, 2.75) is 45.2 Å². The summed E-state index contributed by atoms with van der Waals surface area (Å²) in [7, 11) is 1.44. The Bertz CT molecular complexity index is 428. The Balaban J connectivity index is 2.10. The van der Waals surface area contributed by atoms with Crippen LogP contribution < -0.4 is 5.32 Å². The number of benzene rings is 1. The zero-order valence-electron chi connectivity index (χ0n) is 12.0. The van der Waals surface area contributed by atoms with Crippen molar-refractivity contribution in [3.8, 4) is 0 Å². The number of hydrogen-bond acceptors (Lipinski definition) is 3. The van der Waals surface area contributed by atoms with Gasteiger partial charge in [0.1, 0.15) is 6.04 Å². The van der Waals surface area contributed by atoms with Crippen LogP contribution in [-0.4, -0.2) is 19.1 Å². The standard InChI is InChI=1S/C16H23NO2/c1-16(2)10-9-13(11-16)17-14(15(18)19-3)12-7-5-4-6-8-12/h4-8,13-14,17H,9-11H2,1-3H3. The van der Waals surface area contributed by atoms with Crippen LogP contribution in [0.3, 0.4) is 0 Å². The molecule has 1 N–H and O–H groups in total. The van der Waals surface area contributed by atoms with Crippen LogP contribution >= 0.6 is 0 Å². The van der Waals surface area contributed by atoms with Crippen LogP contribution in [0.4, 0.5) is 0 Å². The van der Waals surface area contributed by atoms with Crippen molar-refractivity contribution in [2.24, 2.45) is 5.41 Å². The largest absolute Gasteiger partial charge is 0.468 e. The predicted molar refractivity (Wildman–Crippen MR) is 75.8 cm³/mol. The molecule has 3 nitrogen and oxygen atoms in total. The van der Waals surface area contributed by atoms with Gasteiger partial charge in [0.15, 0.2) is 0 Å². The molecule has 1 fully saturated rings. The van der Waals surface area contributed by atoms with E-state index in [4.69, 9.17) is 4.74 Å². The van der Waals surface area contributed by atoms with E-state index >= 15 is 0 Å². The third-order valence-electron chi connectivity index (χ3n) is 3.94. The van der Waals surface area contributed by atoms with Crippen molar-refractivity contribution >= 4 is 5.97 Å². The van der Waals surface area contributed by atoms with Gasteiger partial charge in [-0.1, -0.05) is 44.2 Å². The highest BCUT2D eigenvalue weighted by Crippen LogP contribution is 2.37. The van der Waals surface area contributed by atoms with Crippen molar-refractivity contribution in [2.75, 3.05) is 7.11 Å². The molecule has 2 rings (SSSR count). The Hall–Kier alpha value is -1.35. The molecule has 104 valence electrons. The Kier molecular flexibility index (Phi) is 4.25. The van der Waals surface area contributed by atoms with Gasteiger partial charge in [0.2, 0.25) is 0 Å². The summed E-state index contributed by atoms with van der Waals surface area (Å²) in [4.78, 5) is 12.0. The van der Waals surface area contributed by atoms with Crippen molar-refractivity contribution < 1.29 is 9.53 Å². The average molecular weight is 261 g/mol. The van der Waals surface area contributed by atoms with Crippen LogP contribution in [0.25, 0.3) is 0 Å². The van der Waals surface area contributed by atoms with Gasteiger partial charge in [0, 0.05) is 6.04 Å². The van der Waals surface area contributed by atoms with Crippen LogP contribution in [0.1, 0.15) is 44.7 Å².